The molecule has 14 rings (SSSR count). The first-order valence-corrected chi connectivity index (χ1v) is 25.2. The van der Waals surface area contributed by atoms with Crippen LogP contribution in [-0.4, -0.2) is 4.57 Å². The fourth-order valence-electron chi connectivity index (χ4n) is 12.0. The highest BCUT2D eigenvalue weighted by Crippen LogP contribution is 2.57. The quantitative estimate of drug-likeness (QED) is 0.140. The van der Waals surface area contributed by atoms with Crippen LogP contribution in [0.3, 0.4) is 0 Å². The molecule has 1 aliphatic carbocycles. The van der Waals surface area contributed by atoms with Crippen molar-refractivity contribution in [2.45, 2.75) is 5.41 Å². The Morgan fingerprint density at radius 1 is 0.288 bits per heavy atom. The third-order valence-electron chi connectivity index (χ3n) is 15.3. The zero-order valence-corrected chi connectivity index (χ0v) is 40.1. The minimum atomic E-state index is -0.498. The molecule has 12 aromatic carbocycles. The molecule has 0 radical (unpaired) electrons. The molecule has 13 aromatic rings. The molecule has 0 fully saturated rings. The Morgan fingerprint density at radius 3 is 1.51 bits per heavy atom. The van der Waals surface area contributed by atoms with Gasteiger partial charge in [-0.25, -0.2) is 0 Å². The van der Waals surface area contributed by atoms with E-state index < -0.39 is 5.41 Å². The predicted octanol–water partition coefficient (Wildman–Crippen LogP) is 18.8. The van der Waals surface area contributed by atoms with E-state index in [1.807, 2.05) is 0 Å². The molecule has 342 valence electrons. The van der Waals surface area contributed by atoms with E-state index in [4.69, 9.17) is 0 Å². The number of aromatic nitrogens is 1. The number of benzene rings is 12. The predicted molar refractivity (Wildman–Crippen MR) is 307 cm³/mol. The largest absolute Gasteiger partial charge is 0.310 e. The number of anilines is 3. The standard InChI is InChI=1S/C71H48N2/c1-4-19-49(20-5-1)50-35-40-56(41-36-50)72(68-34-18-22-51-21-10-11-29-61(51)68)57-42-37-52(38-43-57)59-27-12-13-28-60(59)53-39-45-65-64-31-15-17-33-69(64)73(70(65)47-53)58-44-46-63-62-30-14-16-32-66(62)71(67(63)48-58,54-23-6-2-7-24-54)55-25-8-3-9-26-55/h1-48H. The van der Waals surface area contributed by atoms with Gasteiger partial charge in [0.2, 0.25) is 0 Å². The summed E-state index contributed by atoms with van der Waals surface area (Å²) in [5, 5.41) is 4.88. The lowest BCUT2D eigenvalue weighted by molar-refractivity contribution is 0.767. The Kier molecular flexibility index (Phi) is 10.1. The molecule has 2 nitrogen and oxygen atoms in total. The number of hydrogen-bond acceptors (Lipinski definition) is 1. The van der Waals surface area contributed by atoms with Gasteiger partial charge in [0.05, 0.1) is 22.1 Å². The average molecular weight is 929 g/mol. The Hall–Kier alpha value is -9.50. The summed E-state index contributed by atoms with van der Waals surface area (Å²) in [6, 6.07) is 107. The van der Waals surface area contributed by atoms with Crippen LogP contribution in [0.1, 0.15) is 22.3 Å². The van der Waals surface area contributed by atoms with Gasteiger partial charge in [-0.15, -0.1) is 0 Å². The second-order valence-corrected chi connectivity index (χ2v) is 19.2. The summed E-state index contributed by atoms with van der Waals surface area (Å²) in [6.07, 6.45) is 0. The van der Waals surface area contributed by atoms with E-state index in [9.17, 15) is 0 Å². The lowest BCUT2D eigenvalue weighted by Crippen LogP contribution is -2.28. The zero-order valence-electron chi connectivity index (χ0n) is 40.1. The number of nitrogens with zero attached hydrogens (tertiary/aromatic N) is 2. The first kappa shape index (κ1) is 42.4. The summed E-state index contributed by atoms with van der Waals surface area (Å²) in [5.74, 6) is 0. The van der Waals surface area contributed by atoms with Crippen molar-refractivity contribution in [2.75, 3.05) is 4.90 Å². The summed E-state index contributed by atoms with van der Waals surface area (Å²) in [5.41, 5.74) is 21.1. The maximum Gasteiger partial charge on any atom is 0.0714 e. The van der Waals surface area contributed by atoms with Crippen molar-refractivity contribution >= 4 is 49.6 Å². The van der Waals surface area contributed by atoms with Gasteiger partial charge in [-0.05, 0) is 127 Å². The van der Waals surface area contributed by atoms with Crippen molar-refractivity contribution in [3.63, 3.8) is 0 Å². The Morgan fingerprint density at radius 2 is 0.795 bits per heavy atom. The SMILES string of the molecule is c1ccc(-c2ccc(N(c3ccc(-c4ccccc4-c4ccc5c6ccccc6n(-c6ccc7c(c6)C(c6ccccc6)(c6ccccc6)c6ccccc6-7)c5c4)cc3)c3cccc4ccccc34)cc2)cc1. The second kappa shape index (κ2) is 17.4. The van der Waals surface area contributed by atoms with E-state index >= 15 is 0 Å². The molecule has 0 spiro atoms. The van der Waals surface area contributed by atoms with E-state index in [-0.39, 0.29) is 0 Å². The molecule has 0 saturated carbocycles. The van der Waals surface area contributed by atoms with Crippen molar-refractivity contribution in [3.8, 4) is 50.2 Å². The lowest BCUT2D eigenvalue weighted by atomic mass is 9.67. The Balaban J connectivity index is 0.894. The molecule has 0 amide bonds. The van der Waals surface area contributed by atoms with Gasteiger partial charge in [0, 0.05) is 33.2 Å². The average Bonchev–Trinajstić information content (AvgIpc) is 3.96. The van der Waals surface area contributed by atoms with Crippen LogP contribution in [-0.2, 0) is 5.41 Å². The minimum Gasteiger partial charge on any atom is -0.310 e. The van der Waals surface area contributed by atoms with E-state index in [0.29, 0.717) is 0 Å². The maximum absolute atomic E-state index is 2.49. The van der Waals surface area contributed by atoms with Crippen LogP contribution in [0.25, 0.3) is 82.8 Å². The van der Waals surface area contributed by atoms with Crippen LogP contribution in [0.2, 0.25) is 0 Å². The highest BCUT2D eigenvalue weighted by Gasteiger charge is 2.46. The highest BCUT2D eigenvalue weighted by atomic mass is 15.1. The van der Waals surface area contributed by atoms with Gasteiger partial charge in [-0.1, -0.05) is 237 Å². The number of rotatable bonds is 9. The van der Waals surface area contributed by atoms with Gasteiger partial charge in [-0.3, -0.25) is 0 Å². The summed E-state index contributed by atoms with van der Waals surface area (Å²) >= 11 is 0. The normalized spacial score (nSPS) is 12.5. The fraction of sp³-hybridized carbons (Fsp3) is 0.0141. The van der Waals surface area contributed by atoms with Gasteiger partial charge < -0.3 is 9.47 Å². The molecular formula is C71H48N2. The summed E-state index contributed by atoms with van der Waals surface area (Å²) < 4.78 is 2.49. The monoisotopic (exact) mass is 928 g/mol. The third-order valence-corrected chi connectivity index (χ3v) is 15.3. The Labute approximate surface area is 426 Å². The maximum atomic E-state index is 2.49. The van der Waals surface area contributed by atoms with Gasteiger partial charge in [0.1, 0.15) is 0 Å². The first-order chi connectivity index (χ1) is 36.2. The van der Waals surface area contributed by atoms with Gasteiger partial charge in [0.15, 0.2) is 0 Å². The van der Waals surface area contributed by atoms with Crippen LogP contribution < -0.4 is 4.90 Å². The minimum absolute atomic E-state index is 0.498. The van der Waals surface area contributed by atoms with Crippen LogP contribution in [0, 0.1) is 0 Å². The summed E-state index contributed by atoms with van der Waals surface area (Å²) in [7, 11) is 0. The molecule has 73 heavy (non-hydrogen) atoms. The smallest absolute Gasteiger partial charge is 0.0714 e. The number of fused-ring (bicyclic) bond motifs is 7. The molecule has 0 aliphatic heterocycles. The van der Waals surface area contributed by atoms with Crippen LogP contribution in [0.5, 0.6) is 0 Å². The van der Waals surface area contributed by atoms with E-state index in [1.165, 1.54) is 93.8 Å². The van der Waals surface area contributed by atoms with Crippen LogP contribution in [0.4, 0.5) is 17.1 Å². The van der Waals surface area contributed by atoms with E-state index in [0.717, 1.165) is 28.3 Å². The molecule has 0 bridgehead atoms. The summed E-state index contributed by atoms with van der Waals surface area (Å²) in [4.78, 5) is 2.39. The first-order valence-electron chi connectivity index (χ1n) is 25.2. The topological polar surface area (TPSA) is 8.17 Å². The van der Waals surface area contributed by atoms with Crippen molar-refractivity contribution in [1.82, 2.24) is 4.57 Å². The van der Waals surface area contributed by atoms with Gasteiger partial charge in [0.25, 0.3) is 0 Å². The summed E-state index contributed by atoms with van der Waals surface area (Å²) in [6.45, 7) is 0. The molecule has 0 atom stereocenters. The van der Waals surface area contributed by atoms with Crippen LogP contribution >= 0.6 is 0 Å². The zero-order chi connectivity index (χ0) is 48.3. The van der Waals surface area contributed by atoms with Crippen molar-refractivity contribution in [1.29, 1.82) is 0 Å². The van der Waals surface area contributed by atoms with Gasteiger partial charge >= 0.3 is 0 Å². The Bertz CT molecular complexity index is 4130. The second-order valence-electron chi connectivity index (χ2n) is 19.2. The molecular weight excluding hydrogens is 881 g/mol. The van der Waals surface area contributed by atoms with Gasteiger partial charge in [-0.2, -0.15) is 0 Å². The molecule has 0 unspecified atom stereocenters. The molecule has 1 aliphatic rings. The third kappa shape index (κ3) is 6.87. The molecule has 0 N–H and O–H groups in total. The molecule has 0 saturated heterocycles. The van der Waals surface area contributed by atoms with E-state index in [2.05, 4.69) is 301 Å². The number of para-hydroxylation sites is 1. The molecule has 1 heterocycles. The lowest BCUT2D eigenvalue weighted by Gasteiger charge is -2.34. The number of hydrogen-bond donors (Lipinski definition) is 0. The van der Waals surface area contributed by atoms with Crippen molar-refractivity contribution in [2.24, 2.45) is 0 Å². The molecule has 1 aromatic heterocycles. The van der Waals surface area contributed by atoms with Crippen molar-refractivity contribution in [3.05, 3.63) is 313 Å². The van der Waals surface area contributed by atoms with Crippen LogP contribution in [0.15, 0.2) is 291 Å². The van der Waals surface area contributed by atoms with Crippen molar-refractivity contribution < 1.29 is 0 Å². The highest BCUT2D eigenvalue weighted by molar-refractivity contribution is 6.11. The van der Waals surface area contributed by atoms with E-state index in [1.54, 1.807) is 0 Å². The fourth-order valence-corrected chi connectivity index (χ4v) is 12.0. The molecule has 2 heteroatoms.